The highest BCUT2D eigenvalue weighted by atomic mass is 35.5. The minimum atomic E-state index is -3.58. The summed E-state index contributed by atoms with van der Waals surface area (Å²) in [6.45, 7) is 2.35. The number of ether oxygens (including phenoxy) is 2. The Kier molecular flexibility index (Phi) is 8.59. The third kappa shape index (κ3) is 5.85. The van der Waals surface area contributed by atoms with E-state index in [9.17, 15) is 13.2 Å². The average molecular weight is 567 g/mol. The molecule has 2 aromatic carbocycles. The van der Waals surface area contributed by atoms with Crippen molar-refractivity contribution in [2.24, 2.45) is 0 Å². The van der Waals surface area contributed by atoms with Crippen LogP contribution in [0.15, 0.2) is 41.3 Å². The largest absolute Gasteiger partial charge is 0.454 e. The molecule has 0 spiro atoms. The van der Waals surface area contributed by atoms with Gasteiger partial charge in [0.05, 0.1) is 15.1 Å². The second kappa shape index (κ2) is 11.5. The first-order chi connectivity index (χ1) is 17.3. The van der Waals surface area contributed by atoms with Crippen molar-refractivity contribution in [1.82, 2.24) is 14.2 Å². The Labute approximate surface area is 227 Å². The normalized spacial score (nSPS) is 16.0. The number of hydrogen-bond acceptors (Lipinski definition) is 8. The van der Waals surface area contributed by atoms with E-state index in [1.165, 1.54) is 23.5 Å². The molecule has 2 aliphatic rings. The molecule has 2 aliphatic heterocycles. The van der Waals surface area contributed by atoms with Crippen molar-refractivity contribution < 1.29 is 22.7 Å². The molecule has 1 amide bonds. The number of nitrogens with zero attached hydrogens (tertiary/aromatic N) is 4. The minimum absolute atomic E-state index is 0. The molecule has 5 rings (SSSR count). The molecule has 200 valence electrons. The van der Waals surface area contributed by atoms with Gasteiger partial charge in [0, 0.05) is 43.9 Å². The van der Waals surface area contributed by atoms with Crippen LogP contribution in [-0.4, -0.2) is 75.6 Å². The number of anilines is 1. The summed E-state index contributed by atoms with van der Waals surface area (Å²) in [5.74, 6) is 1.09. The number of rotatable bonds is 7. The minimum Gasteiger partial charge on any atom is -0.454 e. The molecule has 0 unspecified atom stereocenters. The van der Waals surface area contributed by atoms with Crippen LogP contribution in [0.4, 0.5) is 5.13 Å². The zero-order valence-electron chi connectivity index (χ0n) is 20.9. The number of carbonyl (C=O) groups excluding carboxylic acids is 1. The molecule has 3 aromatic rings. The van der Waals surface area contributed by atoms with E-state index in [4.69, 9.17) is 14.5 Å². The molecule has 1 fully saturated rings. The van der Waals surface area contributed by atoms with E-state index in [2.05, 4.69) is 0 Å². The van der Waals surface area contributed by atoms with Crippen LogP contribution in [0.2, 0.25) is 0 Å². The molecule has 0 radical (unpaired) electrons. The van der Waals surface area contributed by atoms with Crippen LogP contribution in [0.1, 0.15) is 36.0 Å². The van der Waals surface area contributed by atoms with Gasteiger partial charge in [0.25, 0.3) is 5.91 Å². The van der Waals surface area contributed by atoms with Crippen LogP contribution in [0.5, 0.6) is 11.5 Å². The molecule has 12 heteroatoms. The summed E-state index contributed by atoms with van der Waals surface area (Å²) in [6.07, 6.45) is 3.85. The Bertz CT molecular complexity index is 1310. The number of likely N-dealkylation sites (N-methyl/N-ethyl adjacent to an activating group) is 1. The van der Waals surface area contributed by atoms with Gasteiger partial charge in [-0.15, -0.1) is 12.4 Å². The highest BCUT2D eigenvalue weighted by molar-refractivity contribution is 7.89. The van der Waals surface area contributed by atoms with Crippen molar-refractivity contribution in [2.45, 2.75) is 30.6 Å². The third-order valence-electron chi connectivity index (χ3n) is 6.42. The molecule has 0 bridgehead atoms. The van der Waals surface area contributed by atoms with Crippen molar-refractivity contribution in [2.75, 3.05) is 52.0 Å². The molecule has 3 heterocycles. The van der Waals surface area contributed by atoms with Gasteiger partial charge in [-0.05, 0) is 51.2 Å². The van der Waals surface area contributed by atoms with Gasteiger partial charge in [-0.2, -0.15) is 4.31 Å². The van der Waals surface area contributed by atoms with Crippen LogP contribution in [-0.2, 0) is 10.0 Å². The first-order valence-corrected chi connectivity index (χ1v) is 14.4. The van der Waals surface area contributed by atoms with E-state index in [0.717, 1.165) is 35.9 Å². The van der Waals surface area contributed by atoms with E-state index in [0.29, 0.717) is 48.4 Å². The van der Waals surface area contributed by atoms with Crippen LogP contribution >= 0.6 is 23.7 Å². The predicted molar refractivity (Wildman–Crippen MR) is 147 cm³/mol. The molecule has 0 atom stereocenters. The number of halogens is 1. The third-order valence-corrected chi connectivity index (χ3v) is 9.38. The molecule has 37 heavy (non-hydrogen) atoms. The van der Waals surface area contributed by atoms with Gasteiger partial charge in [-0.3, -0.25) is 9.69 Å². The van der Waals surface area contributed by atoms with Gasteiger partial charge in [0.2, 0.25) is 16.8 Å². The summed E-state index contributed by atoms with van der Waals surface area (Å²) >= 11 is 1.41. The number of benzene rings is 2. The highest BCUT2D eigenvalue weighted by Gasteiger charge is 2.27. The standard InChI is InChI=1S/C25H30N4O5S2.ClH/c1-27(2)13-14-29(25-26-20-15-21-22(34-17-33-21)16-23(20)35-25)24(30)18-7-9-19(10-8-18)36(31,32)28-11-5-3-4-6-12-28;/h7-10,15-16H,3-6,11-14,17H2,1-2H3;1H. The molecule has 0 saturated carbocycles. The van der Waals surface area contributed by atoms with Gasteiger partial charge >= 0.3 is 0 Å². The number of sulfonamides is 1. The fourth-order valence-corrected chi connectivity index (χ4v) is 6.88. The maximum Gasteiger partial charge on any atom is 0.260 e. The smallest absolute Gasteiger partial charge is 0.260 e. The van der Waals surface area contributed by atoms with Crippen molar-refractivity contribution >= 4 is 55.0 Å². The lowest BCUT2D eigenvalue weighted by Gasteiger charge is -2.22. The van der Waals surface area contributed by atoms with Gasteiger partial charge in [-0.25, -0.2) is 13.4 Å². The van der Waals surface area contributed by atoms with E-state index in [-0.39, 0.29) is 30.0 Å². The van der Waals surface area contributed by atoms with Crippen LogP contribution in [0.25, 0.3) is 10.2 Å². The van der Waals surface area contributed by atoms with Gasteiger partial charge in [-0.1, -0.05) is 24.2 Å². The Hall–Kier alpha value is -2.44. The van der Waals surface area contributed by atoms with E-state index < -0.39 is 10.0 Å². The molecular weight excluding hydrogens is 536 g/mol. The number of carbonyl (C=O) groups is 1. The van der Waals surface area contributed by atoms with Crippen molar-refractivity contribution in [3.8, 4) is 11.5 Å². The maximum atomic E-state index is 13.6. The Morgan fingerprint density at radius 2 is 1.65 bits per heavy atom. The van der Waals surface area contributed by atoms with Crippen molar-refractivity contribution in [3.63, 3.8) is 0 Å². The Balaban J connectivity index is 0.00000320. The quantitative estimate of drug-likeness (QED) is 0.423. The first-order valence-electron chi connectivity index (χ1n) is 12.1. The lowest BCUT2D eigenvalue weighted by molar-refractivity contribution is 0.0985. The van der Waals surface area contributed by atoms with Crippen molar-refractivity contribution in [1.29, 1.82) is 0 Å². The predicted octanol–water partition coefficient (Wildman–Crippen LogP) is 4.22. The Morgan fingerprint density at radius 3 is 2.30 bits per heavy atom. The topological polar surface area (TPSA) is 92.3 Å². The van der Waals surface area contributed by atoms with E-state index in [1.807, 2.05) is 31.1 Å². The first kappa shape index (κ1) is 27.6. The average Bonchev–Trinajstić information content (AvgIpc) is 3.38. The number of aromatic nitrogens is 1. The number of thiazole rings is 1. The fraction of sp³-hybridized carbons (Fsp3) is 0.440. The Morgan fingerprint density at radius 1 is 1.00 bits per heavy atom. The van der Waals surface area contributed by atoms with Crippen LogP contribution in [0, 0.1) is 0 Å². The summed E-state index contributed by atoms with van der Waals surface area (Å²) in [7, 11) is 0.318. The fourth-order valence-electron chi connectivity index (χ4n) is 4.36. The molecule has 1 saturated heterocycles. The summed E-state index contributed by atoms with van der Waals surface area (Å²) in [5, 5.41) is 0.571. The SMILES string of the molecule is CN(C)CCN(C(=O)c1ccc(S(=O)(=O)N2CCCCCC2)cc1)c1nc2cc3c(cc2s1)OCO3.Cl. The van der Waals surface area contributed by atoms with Crippen LogP contribution < -0.4 is 14.4 Å². The zero-order valence-corrected chi connectivity index (χ0v) is 23.3. The summed E-state index contributed by atoms with van der Waals surface area (Å²) in [6, 6.07) is 9.98. The van der Waals surface area contributed by atoms with Gasteiger partial charge < -0.3 is 14.4 Å². The lowest BCUT2D eigenvalue weighted by atomic mass is 10.2. The zero-order chi connectivity index (χ0) is 25.3. The number of fused-ring (bicyclic) bond motifs is 2. The summed E-state index contributed by atoms with van der Waals surface area (Å²) in [4.78, 5) is 22.2. The number of hydrogen-bond donors (Lipinski definition) is 0. The van der Waals surface area contributed by atoms with Gasteiger partial charge in [0.1, 0.15) is 0 Å². The second-order valence-corrected chi connectivity index (χ2v) is 12.2. The molecule has 0 aliphatic carbocycles. The summed E-state index contributed by atoms with van der Waals surface area (Å²) in [5.41, 5.74) is 1.15. The second-order valence-electron chi connectivity index (χ2n) is 9.27. The van der Waals surface area contributed by atoms with Crippen molar-refractivity contribution in [3.05, 3.63) is 42.0 Å². The number of amides is 1. The molecular formula is C25H31ClN4O5S2. The summed E-state index contributed by atoms with van der Waals surface area (Å²) < 4.78 is 39.7. The molecule has 9 nitrogen and oxygen atoms in total. The molecule has 0 N–H and O–H groups in total. The van der Waals surface area contributed by atoms with E-state index >= 15 is 0 Å². The lowest BCUT2D eigenvalue weighted by Crippen LogP contribution is -2.36. The highest BCUT2D eigenvalue weighted by Crippen LogP contribution is 2.40. The monoisotopic (exact) mass is 566 g/mol. The van der Waals surface area contributed by atoms with Gasteiger partial charge in [0.15, 0.2) is 16.6 Å². The van der Waals surface area contributed by atoms with Crippen LogP contribution in [0.3, 0.4) is 0 Å². The molecule has 1 aromatic heterocycles. The van der Waals surface area contributed by atoms with E-state index in [1.54, 1.807) is 21.3 Å². The maximum absolute atomic E-state index is 13.6.